The zero-order valence-electron chi connectivity index (χ0n) is 12.9. The Labute approximate surface area is 125 Å². The lowest BCUT2D eigenvalue weighted by Gasteiger charge is -2.19. The molecule has 0 bridgehead atoms. The monoisotopic (exact) mass is 289 g/mol. The summed E-state index contributed by atoms with van der Waals surface area (Å²) >= 11 is 1.87. The Bertz CT molecular complexity index is 567. The van der Waals surface area contributed by atoms with Gasteiger partial charge in [-0.1, -0.05) is 39.0 Å². The summed E-state index contributed by atoms with van der Waals surface area (Å²) < 4.78 is 2.22. The third-order valence-corrected chi connectivity index (χ3v) is 4.12. The molecule has 0 radical (unpaired) electrons. The highest BCUT2D eigenvalue weighted by Gasteiger charge is 2.22. The fourth-order valence-electron chi connectivity index (χ4n) is 2.06. The molecule has 108 valence electrons. The minimum absolute atomic E-state index is 0.154. The molecule has 0 aliphatic heterocycles. The number of aromatic nitrogens is 2. The Morgan fingerprint density at radius 3 is 2.40 bits per heavy atom. The molecule has 1 aromatic heterocycles. The van der Waals surface area contributed by atoms with Gasteiger partial charge in [0.05, 0.1) is 11.4 Å². The fraction of sp³-hybridized carbons (Fsp3) is 0.438. The Kier molecular flexibility index (Phi) is 4.55. The molecule has 2 rings (SSSR count). The Morgan fingerprint density at radius 2 is 1.85 bits per heavy atom. The van der Waals surface area contributed by atoms with E-state index in [4.69, 9.17) is 5.10 Å². The molecule has 1 N–H and O–H groups in total. The lowest BCUT2D eigenvalue weighted by atomic mass is 10.2. The molecule has 0 saturated carbocycles. The van der Waals surface area contributed by atoms with Crippen LogP contribution in [0.1, 0.15) is 32.0 Å². The molecular formula is C16H23N3S. The van der Waals surface area contributed by atoms with Crippen molar-refractivity contribution in [3.05, 3.63) is 41.6 Å². The van der Waals surface area contributed by atoms with Crippen LogP contribution in [0.2, 0.25) is 0 Å². The predicted molar refractivity (Wildman–Crippen MR) is 86.7 cm³/mol. The molecule has 0 atom stereocenters. The molecule has 0 unspecified atom stereocenters. The van der Waals surface area contributed by atoms with Crippen molar-refractivity contribution in [1.29, 1.82) is 0 Å². The number of nitrogens with zero attached hydrogens (tertiary/aromatic N) is 2. The molecule has 0 aliphatic carbocycles. The highest BCUT2D eigenvalue weighted by molar-refractivity contribution is 8.00. The smallest absolute Gasteiger partial charge is 0.105 e. The molecule has 0 amide bonds. The number of aryl methyl sites for hydroxylation is 1. The average molecular weight is 289 g/mol. The molecule has 3 nitrogen and oxygen atoms in total. The standard InChI is InChI=1S/C16H23N3S/c1-12-14(11-17-5)15(20-16(2,3)4)19(18-12)13-9-7-6-8-10-13/h6-10,17H,11H2,1-5H3. The lowest BCUT2D eigenvalue weighted by molar-refractivity contribution is 0.746. The summed E-state index contributed by atoms with van der Waals surface area (Å²) in [6.45, 7) is 9.63. The first-order valence-electron chi connectivity index (χ1n) is 6.90. The number of nitrogens with one attached hydrogen (secondary N) is 1. The van der Waals surface area contributed by atoms with E-state index in [1.807, 2.05) is 24.9 Å². The van der Waals surface area contributed by atoms with Gasteiger partial charge in [-0.15, -0.1) is 11.8 Å². The molecule has 4 heteroatoms. The molecule has 0 spiro atoms. The van der Waals surface area contributed by atoms with Crippen LogP contribution in [0, 0.1) is 6.92 Å². The molecule has 20 heavy (non-hydrogen) atoms. The van der Waals surface area contributed by atoms with E-state index in [1.54, 1.807) is 0 Å². The Hall–Kier alpha value is -1.26. The van der Waals surface area contributed by atoms with E-state index in [9.17, 15) is 0 Å². The van der Waals surface area contributed by atoms with Crippen molar-refractivity contribution in [3.8, 4) is 5.69 Å². The SMILES string of the molecule is CNCc1c(C)nn(-c2ccccc2)c1SC(C)(C)C. The number of para-hydroxylation sites is 1. The number of rotatable bonds is 4. The molecule has 1 aromatic carbocycles. The molecule has 0 saturated heterocycles. The lowest BCUT2D eigenvalue weighted by Crippen LogP contribution is -2.12. The van der Waals surface area contributed by atoms with E-state index in [2.05, 4.69) is 62.0 Å². The second kappa shape index (κ2) is 6.02. The maximum absolute atomic E-state index is 4.74. The van der Waals surface area contributed by atoms with Gasteiger partial charge in [0.2, 0.25) is 0 Å². The zero-order valence-corrected chi connectivity index (χ0v) is 13.7. The minimum atomic E-state index is 0.154. The first kappa shape index (κ1) is 15.1. The third-order valence-electron chi connectivity index (χ3n) is 2.89. The van der Waals surface area contributed by atoms with Gasteiger partial charge in [0.25, 0.3) is 0 Å². The highest BCUT2D eigenvalue weighted by Crippen LogP contribution is 2.36. The van der Waals surface area contributed by atoms with Crippen LogP contribution in [0.4, 0.5) is 0 Å². The van der Waals surface area contributed by atoms with Crippen LogP contribution in [0.15, 0.2) is 35.4 Å². The van der Waals surface area contributed by atoms with E-state index in [0.29, 0.717) is 0 Å². The van der Waals surface area contributed by atoms with Crippen molar-refractivity contribution >= 4 is 11.8 Å². The van der Waals surface area contributed by atoms with Crippen LogP contribution in [0.25, 0.3) is 5.69 Å². The van der Waals surface area contributed by atoms with Crippen molar-refractivity contribution < 1.29 is 0 Å². The first-order chi connectivity index (χ1) is 9.42. The summed E-state index contributed by atoms with van der Waals surface area (Å²) in [6.07, 6.45) is 0. The zero-order chi connectivity index (χ0) is 14.8. The van der Waals surface area contributed by atoms with Crippen LogP contribution in [-0.2, 0) is 6.54 Å². The summed E-state index contributed by atoms with van der Waals surface area (Å²) in [6, 6.07) is 10.3. The largest absolute Gasteiger partial charge is 0.316 e. The van der Waals surface area contributed by atoms with Gasteiger partial charge in [0, 0.05) is 16.9 Å². The summed E-state index contributed by atoms with van der Waals surface area (Å²) in [7, 11) is 1.98. The predicted octanol–water partition coefficient (Wildman–Crippen LogP) is 3.79. The van der Waals surface area contributed by atoms with Crippen LogP contribution < -0.4 is 5.32 Å². The number of benzene rings is 1. The van der Waals surface area contributed by atoms with Crippen molar-refractivity contribution in [2.75, 3.05) is 7.05 Å². The number of thioether (sulfide) groups is 1. The fourth-order valence-corrected chi connectivity index (χ4v) is 3.21. The maximum atomic E-state index is 4.74. The average Bonchev–Trinajstić information content (AvgIpc) is 2.67. The molecule has 0 aliphatic rings. The van der Waals surface area contributed by atoms with Crippen LogP contribution in [0.5, 0.6) is 0 Å². The molecule has 1 heterocycles. The van der Waals surface area contributed by atoms with Gasteiger partial charge in [0.15, 0.2) is 0 Å². The van der Waals surface area contributed by atoms with Gasteiger partial charge in [-0.2, -0.15) is 5.10 Å². The second-order valence-corrected chi connectivity index (χ2v) is 7.68. The van der Waals surface area contributed by atoms with Crippen LogP contribution in [0.3, 0.4) is 0 Å². The van der Waals surface area contributed by atoms with Crippen molar-refractivity contribution in [2.24, 2.45) is 0 Å². The van der Waals surface area contributed by atoms with Gasteiger partial charge in [-0.25, -0.2) is 4.68 Å². The molecule has 0 fully saturated rings. The topological polar surface area (TPSA) is 29.9 Å². The summed E-state index contributed by atoms with van der Waals surface area (Å²) in [5.41, 5.74) is 3.50. The number of hydrogen-bond acceptors (Lipinski definition) is 3. The van der Waals surface area contributed by atoms with Crippen LogP contribution in [-0.4, -0.2) is 21.6 Å². The third kappa shape index (κ3) is 3.44. The summed E-state index contributed by atoms with van der Waals surface area (Å²) in [5, 5.41) is 9.22. The minimum Gasteiger partial charge on any atom is -0.316 e. The van der Waals surface area contributed by atoms with E-state index in [-0.39, 0.29) is 4.75 Å². The van der Waals surface area contributed by atoms with Crippen molar-refractivity contribution in [1.82, 2.24) is 15.1 Å². The van der Waals surface area contributed by atoms with Gasteiger partial charge >= 0.3 is 0 Å². The Balaban J connectivity index is 2.54. The van der Waals surface area contributed by atoms with Crippen LogP contribution >= 0.6 is 11.8 Å². The Morgan fingerprint density at radius 1 is 1.20 bits per heavy atom. The maximum Gasteiger partial charge on any atom is 0.105 e. The van der Waals surface area contributed by atoms with E-state index in [1.165, 1.54) is 10.6 Å². The summed E-state index contributed by atoms with van der Waals surface area (Å²) in [4.78, 5) is 0. The quantitative estimate of drug-likeness (QED) is 0.869. The highest BCUT2D eigenvalue weighted by atomic mass is 32.2. The van der Waals surface area contributed by atoms with Gasteiger partial charge in [0.1, 0.15) is 5.03 Å². The van der Waals surface area contributed by atoms with Gasteiger partial charge in [-0.3, -0.25) is 0 Å². The first-order valence-corrected chi connectivity index (χ1v) is 7.71. The number of hydrogen-bond donors (Lipinski definition) is 1. The summed E-state index contributed by atoms with van der Waals surface area (Å²) in [5.74, 6) is 0. The van der Waals surface area contributed by atoms with Gasteiger partial charge in [-0.05, 0) is 26.1 Å². The van der Waals surface area contributed by atoms with E-state index >= 15 is 0 Å². The van der Waals surface area contributed by atoms with E-state index in [0.717, 1.165) is 17.9 Å². The van der Waals surface area contributed by atoms with Crippen molar-refractivity contribution in [3.63, 3.8) is 0 Å². The van der Waals surface area contributed by atoms with Gasteiger partial charge < -0.3 is 5.32 Å². The molecular weight excluding hydrogens is 266 g/mol. The van der Waals surface area contributed by atoms with E-state index < -0.39 is 0 Å². The molecule has 2 aromatic rings. The van der Waals surface area contributed by atoms with Crippen molar-refractivity contribution in [2.45, 2.75) is 44.0 Å². The normalized spacial score (nSPS) is 11.8. The second-order valence-electron chi connectivity index (χ2n) is 5.86.